The largest absolute Gasteiger partial charge is 0.338 e. The Labute approximate surface area is 194 Å². The Morgan fingerprint density at radius 3 is 2.53 bits per heavy atom. The van der Waals surface area contributed by atoms with Gasteiger partial charge in [-0.3, -0.25) is 19.3 Å². The van der Waals surface area contributed by atoms with E-state index in [1.54, 1.807) is 14.4 Å². The normalized spacial score (nSPS) is 14.0. The first-order valence-corrected chi connectivity index (χ1v) is 10.9. The van der Waals surface area contributed by atoms with Crippen molar-refractivity contribution in [3.8, 4) is 11.4 Å². The third-order valence-electron chi connectivity index (χ3n) is 5.41. The highest BCUT2D eigenvalue weighted by Crippen LogP contribution is 2.21. The first kappa shape index (κ1) is 22.2. The first-order chi connectivity index (χ1) is 15.3. The number of nitrogens with zero attached hydrogens (tertiary/aromatic N) is 4. The van der Waals surface area contributed by atoms with Gasteiger partial charge in [0.15, 0.2) is 10.6 Å². The molecule has 10 heteroatoms. The van der Waals surface area contributed by atoms with Gasteiger partial charge in [-0.15, -0.1) is 0 Å². The number of nitrogens with one attached hydrogen (secondary N) is 1. The van der Waals surface area contributed by atoms with E-state index in [1.165, 1.54) is 12.1 Å². The van der Waals surface area contributed by atoms with Crippen LogP contribution in [0.2, 0.25) is 5.02 Å². The van der Waals surface area contributed by atoms with Gasteiger partial charge in [0.05, 0.1) is 10.6 Å². The zero-order chi connectivity index (χ0) is 22.8. The van der Waals surface area contributed by atoms with Crippen molar-refractivity contribution in [2.24, 2.45) is 0 Å². The molecule has 1 aliphatic rings. The smallest absolute Gasteiger partial charge is 0.255 e. The first-order valence-electron chi connectivity index (χ1n) is 10.1. The maximum Gasteiger partial charge on any atom is 0.255 e. The lowest BCUT2D eigenvalue weighted by molar-refractivity contribution is -0.133. The van der Waals surface area contributed by atoms with Crippen LogP contribution in [0.25, 0.3) is 11.4 Å². The highest BCUT2D eigenvalue weighted by atomic mass is 35.5. The van der Waals surface area contributed by atoms with Crippen LogP contribution in [0.5, 0.6) is 0 Å². The minimum atomic E-state index is -0.496. The summed E-state index contributed by atoms with van der Waals surface area (Å²) in [5.74, 6) is -0.277. The molecule has 0 aliphatic carbocycles. The van der Waals surface area contributed by atoms with Crippen molar-refractivity contribution < 1.29 is 14.0 Å². The number of aromatic amines is 1. The van der Waals surface area contributed by atoms with Crippen molar-refractivity contribution in [2.45, 2.75) is 13.5 Å². The van der Waals surface area contributed by atoms with Gasteiger partial charge in [-0.25, -0.2) is 4.39 Å². The second-order valence-electron chi connectivity index (χ2n) is 7.61. The van der Waals surface area contributed by atoms with Gasteiger partial charge in [-0.1, -0.05) is 35.4 Å². The van der Waals surface area contributed by atoms with Gasteiger partial charge in [0.25, 0.3) is 5.91 Å². The van der Waals surface area contributed by atoms with Crippen LogP contribution in [0.15, 0.2) is 42.5 Å². The number of piperazine rings is 1. The van der Waals surface area contributed by atoms with Crippen LogP contribution in [0.4, 0.5) is 4.39 Å². The van der Waals surface area contributed by atoms with E-state index in [2.05, 4.69) is 10.2 Å². The average molecular weight is 474 g/mol. The molecular formula is C22H21ClFN5O2S. The molecule has 0 bridgehead atoms. The molecule has 1 N–H and O–H groups in total. The number of carbonyl (C=O) groups is 2. The lowest BCUT2D eigenvalue weighted by atomic mass is 10.1. The second kappa shape index (κ2) is 9.22. The summed E-state index contributed by atoms with van der Waals surface area (Å²) in [7, 11) is 0. The predicted octanol–water partition coefficient (Wildman–Crippen LogP) is 3.69. The lowest BCUT2D eigenvalue weighted by Gasteiger charge is -2.35. The Morgan fingerprint density at radius 2 is 1.84 bits per heavy atom. The molecule has 1 aromatic heterocycles. The number of rotatable bonds is 4. The fourth-order valence-electron chi connectivity index (χ4n) is 3.70. The lowest BCUT2D eigenvalue weighted by Crippen LogP contribution is -2.51. The Balaban J connectivity index is 1.42. The van der Waals surface area contributed by atoms with Gasteiger partial charge in [0.1, 0.15) is 12.4 Å². The molecule has 0 atom stereocenters. The summed E-state index contributed by atoms with van der Waals surface area (Å²) >= 11 is 11.4. The molecule has 0 saturated carbocycles. The highest BCUT2D eigenvalue weighted by molar-refractivity contribution is 7.71. The summed E-state index contributed by atoms with van der Waals surface area (Å²) in [6.45, 7) is 3.53. The summed E-state index contributed by atoms with van der Waals surface area (Å²) in [5, 5.41) is 7.13. The molecule has 0 spiro atoms. The molecular weight excluding hydrogens is 453 g/mol. The summed E-state index contributed by atoms with van der Waals surface area (Å²) in [6, 6.07) is 11.5. The van der Waals surface area contributed by atoms with Gasteiger partial charge in [0, 0.05) is 31.7 Å². The van der Waals surface area contributed by atoms with Gasteiger partial charge in [-0.05, 0) is 43.4 Å². The number of halogens is 2. The maximum absolute atomic E-state index is 13.3. The number of hydrogen-bond acceptors (Lipinski definition) is 4. The monoisotopic (exact) mass is 473 g/mol. The zero-order valence-electron chi connectivity index (χ0n) is 17.3. The van der Waals surface area contributed by atoms with E-state index < -0.39 is 5.82 Å². The summed E-state index contributed by atoms with van der Waals surface area (Å²) in [5.41, 5.74) is 2.20. The van der Waals surface area contributed by atoms with E-state index in [9.17, 15) is 14.0 Å². The van der Waals surface area contributed by atoms with Gasteiger partial charge < -0.3 is 9.80 Å². The van der Waals surface area contributed by atoms with Crippen molar-refractivity contribution >= 4 is 35.6 Å². The van der Waals surface area contributed by atoms with Crippen LogP contribution in [-0.4, -0.2) is 62.6 Å². The molecule has 7 nitrogen and oxygen atoms in total. The number of aryl methyl sites for hydroxylation is 1. The number of benzene rings is 2. The molecule has 2 heterocycles. The summed E-state index contributed by atoms with van der Waals surface area (Å²) in [4.78, 5) is 29.0. The van der Waals surface area contributed by atoms with E-state index in [4.69, 9.17) is 23.8 Å². The Bertz CT molecular complexity index is 1230. The van der Waals surface area contributed by atoms with Crippen LogP contribution in [0.1, 0.15) is 15.9 Å². The van der Waals surface area contributed by atoms with Crippen molar-refractivity contribution in [3.05, 3.63) is 69.2 Å². The third kappa shape index (κ3) is 4.58. The standard InChI is InChI=1S/C22H21ClFN5O2S/c1-14-3-2-4-15(11-14)20-25-26-22(32)29(20)13-19(30)27-7-9-28(10-8-27)21(31)17-6-5-16(24)12-18(17)23/h2-6,11-12H,7-10,13H2,1H3,(H,26,32). The SMILES string of the molecule is Cc1cccc(-c2n[nH]c(=S)n2CC(=O)N2CCN(C(=O)c3ccc(F)cc3Cl)CC2)c1. The van der Waals surface area contributed by atoms with Crippen LogP contribution in [0, 0.1) is 17.5 Å². The van der Waals surface area contributed by atoms with Gasteiger partial charge in [0.2, 0.25) is 5.91 Å². The molecule has 0 radical (unpaired) electrons. The van der Waals surface area contributed by atoms with Crippen molar-refractivity contribution in [2.75, 3.05) is 26.2 Å². The van der Waals surface area contributed by atoms with E-state index in [0.29, 0.717) is 36.8 Å². The average Bonchev–Trinajstić information content (AvgIpc) is 3.13. The van der Waals surface area contributed by atoms with Gasteiger partial charge >= 0.3 is 0 Å². The van der Waals surface area contributed by atoms with E-state index in [0.717, 1.165) is 17.2 Å². The number of carbonyl (C=O) groups excluding carboxylic acids is 2. The third-order valence-corrected chi connectivity index (χ3v) is 6.03. The fraction of sp³-hybridized carbons (Fsp3) is 0.273. The fourth-order valence-corrected chi connectivity index (χ4v) is 4.14. The maximum atomic E-state index is 13.3. The molecule has 2 amide bonds. The van der Waals surface area contributed by atoms with Crippen LogP contribution >= 0.6 is 23.8 Å². The topological polar surface area (TPSA) is 74.2 Å². The predicted molar refractivity (Wildman–Crippen MR) is 121 cm³/mol. The molecule has 0 unspecified atom stereocenters. The van der Waals surface area contributed by atoms with Crippen molar-refractivity contribution in [3.63, 3.8) is 0 Å². The second-order valence-corrected chi connectivity index (χ2v) is 8.40. The van der Waals surface area contributed by atoms with Crippen molar-refractivity contribution in [1.82, 2.24) is 24.6 Å². The number of H-pyrrole nitrogens is 1. The van der Waals surface area contributed by atoms with Crippen LogP contribution in [-0.2, 0) is 11.3 Å². The number of aromatic nitrogens is 3. The Hall–Kier alpha value is -3.04. The Kier molecular flexibility index (Phi) is 6.38. The molecule has 4 rings (SSSR count). The molecule has 1 fully saturated rings. The summed E-state index contributed by atoms with van der Waals surface area (Å²) < 4.78 is 15.3. The quantitative estimate of drug-likeness (QED) is 0.586. The molecule has 32 heavy (non-hydrogen) atoms. The Morgan fingerprint density at radius 1 is 1.12 bits per heavy atom. The highest BCUT2D eigenvalue weighted by Gasteiger charge is 2.26. The zero-order valence-corrected chi connectivity index (χ0v) is 18.9. The number of hydrogen-bond donors (Lipinski definition) is 1. The van der Waals surface area contributed by atoms with E-state index in [1.807, 2.05) is 31.2 Å². The van der Waals surface area contributed by atoms with E-state index >= 15 is 0 Å². The summed E-state index contributed by atoms with van der Waals surface area (Å²) in [6.07, 6.45) is 0. The van der Waals surface area contributed by atoms with Crippen molar-refractivity contribution in [1.29, 1.82) is 0 Å². The molecule has 1 saturated heterocycles. The molecule has 3 aromatic rings. The van der Waals surface area contributed by atoms with Crippen LogP contribution in [0.3, 0.4) is 0 Å². The van der Waals surface area contributed by atoms with Crippen LogP contribution < -0.4 is 0 Å². The molecule has 166 valence electrons. The minimum Gasteiger partial charge on any atom is -0.338 e. The van der Waals surface area contributed by atoms with Gasteiger partial charge in [-0.2, -0.15) is 5.10 Å². The van der Waals surface area contributed by atoms with E-state index in [-0.39, 0.29) is 28.9 Å². The number of amides is 2. The minimum absolute atomic E-state index is 0.0519. The molecule has 1 aliphatic heterocycles. The molecule has 2 aromatic carbocycles.